The Morgan fingerprint density at radius 3 is 2.59 bits per heavy atom. The fourth-order valence-electron chi connectivity index (χ4n) is 4.99. The van der Waals surface area contributed by atoms with E-state index in [-0.39, 0.29) is 5.91 Å². The van der Waals surface area contributed by atoms with E-state index in [1.807, 2.05) is 24.3 Å². The Hall–Kier alpha value is -3.72. The van der Waals surface area contributed by atoms with Gasteiger partial charge in [-0.3, -0.25) is 19.7 Å². The molecule has 4 aromatic rings. The molecule has 3 heterocycles. The van der Waals surface area contributed by atoms with Crippen molar-refractivity contribution in [2.45, 2.75) is 12.5 Å². The first-order chi connectivity index (χ1) is 17.9. The number of piperazine rings is 1. The van der Waals surface area contributed by atoms with E-state index in [1.54, 1.807) is 24.3 Å². The summed E-state index contributed by atoms with van der Waals surface area (Å²) in [6.07, 6.45) is 0. The number of aromatic amines is 1. The number of anilines is 1. The quantitative estimate of drug-likeness (QED) is 0.385. The Bertz CT molecular complexity index is 1560. The Kier molecular flexibility index (Phi) is 6.16. The zero-order valence-electron chi connectivity index (χ0n) is 20.3. The number of hydrogen-bond acceptors (Lipinski definition) is 6. The van der Waals surface area contributed by atoms with Crippen molar-refractivity contribution in [1.82, 2.24) is 14.8 Å². The third kappa shape index (κ3) is 4.83. The number of carbonyl (C=O) groups excluding carboxylic acids is 1. The molecular formula is C28H26ClN5O3. The van der Waals surface area contributed by atoms with Crippen LogP contribution in [-0.2, 0) is 11.3 Å². The molecule has 8 nitrogen and oxygen atoms in total. The van der Waals surface area contributed by atoms with Crippen molar-refractivity contribution in [3.63, 3.8) is 0 Å². The zero-order chi connectivity index (χ0) is 25.5. The van der Waals surface area contributed by atoms with Gasteiger partial charge in [-0.1, -0.05) is 35.9 Å². The lowest BCUT2D eigenvalue weighted by molar-refractivity contribution is -0.115. The molecule has 0 spiro atoms. The Morgan fingerprint density at radius 2 is 1.81 bits per heavy atom. The lowest BCUT2D eigenvalue weighted by atomic mass is 9.90. The van der Waals surface area contributed by atoms with Gasteiger partial charge in [0.15, 0.2) is 5.58 Å². The van der Waals surface area contributed by atoms with Crippen LogP contribution in [0.15, 0.2) is 74.9 Å². The molecular weight excluding hydrogens is 490 g/mol. The van der Waals surface area contributed by atoms with E-state index in [9.17, 15) is 9.59 Å². The summed E-state index contributed by atoms with van der Waals surface area (Å²) in [5.74, 6) is -1.35. The highest BCUT2D eigenvalue weighted by Crippen LogP contribution is 2.38. The summed E-state index contributed by atoms with van der Waals surface area (Å²) in [5, 5.41) is 3.48. The Labute approximate surface area is 218 Å². The normalized spacial score (nSPS) is 18.8. The van der Waals surface area contributed by atoms with Gasteiger partial charge < -0.3 is 14.6 Å². The summed E-state index contributed by atoms with van der Waals surface area (Å²) in [4.78, 5) is 37.3. The minimum absolute atomic E-state index is 0.182. The van der Waals surface area contributed by atoms with E-state index < -0.39 is 11.7 Å². The maximum absolute atomic E-state index is 13.2. The summed E-state index contributed by atoms with van der Waals surface area (Å²) in [7, 11) is 2.15. The molecule has 1 amide bonds. The number of likely N-dealkylation sites (N-methyl/N-ethyl adjacent to an activating group) is 1. The van der Waals surface area contributed by atoms with Crippen LogP contribution in [0.5, 0.6) is 0 Å². The second-order valence-electron chi connectivity index (χ2n) is 9.62. The van der Waals surface area contributed by atoms with Crippen LogP contribution < -0.4 is 11.1 Å². The molecule has 3 aromatic carbocycles. The van der Waals surface area contributed by atoms with Gasteiger partial charge in [0, 0.05) is 49.0 Å². The van der Waals surface area contributed by atoms with Gasteiger partial charge in [-0.15, -0.1) is 0 Å². The third-order valence-corrected chi connectivity index (χ3v) is 7.26. The smallest absolute Gasteiger partial charge is 0.408 e. The van der Waals surface area contributed by atoms with E-state index in [4.69, 9.17) is 21.0 Å². The summed E-state index contributed by atoms with van der Waals surface area (Å²) in [6.45, 7) is 5.16. The molecule has 1 fully saturated rings. The maximum atomic E-state index is 13.2. The van der Waals surface area contributed by atoms with Gasteiger partial charge in [0.05, 0.1) is 16.9 Å². The average Bonchev–Trinajstić information content (AvgIpc) is 3.41. The maximum Gasteiger partial charge on any atom is 0.417 e. The molecule has 6 rings (SSSR count). The van der Waals surface area contributed by atoms with Crippen LogP contribution in [0, 0.1) is 0 Å². The fourth-order valence-corrected chi connectivity index (χ4v) is 5.16. The lowest BCUT2D eigenvalue weighted by Gasteiger charge is -2.32. The first-order valence-corrected chi connectivity index (χ1v) is 12.6. The number of carbonyl (C=O) groups is 1. The molecule has 37 heavy (non-hydrogen) atoms. The van der Waals surface area contributed by atoms with Crippen LogP contribution in [0.25, 0.3) is 11.1 Å². The second kappa shape index (κ2) is 9.63. The Balaban J connectivity index is 1.37. The van der Waals surface area contributed by atoms with Crippen molar-refractivity contribution in [1.29, 1.82) is 0 Å². The van der Waals surface area contributed by atoms with E-state index in [0.29, 0.717) is 33.1 Å². The molecule has 1 saturated heterocycles. The van der Waals surface area contributed by atoms with Crippen molar-refractivity contribution < 1.29 is 9.21 Å². The Morgan fingerprint density at radius 1 is 1.03 bits per heavy atom. The van der Waals surface area contributed by atoms with E-state index in [0.717, 1.165) is 44.0 Å². The van der Waals surface area contributed by atoms with Gasteiger partial charge in [-0.25, -0.2) is 4.79 Å². The molecule has 0 bridgehead atoms. The summed E-state index contributed by atoms with van der Waals surface area (Å²) in [6, 6.07) is 18.9. The van der Waals surface area contributed by atoms with Crippen molar-refractivity contribution in [3.05, 3.63) is 92.9 Å². The monoisotopic (exact) mass is 515 g/mol. The lowest BCUT2D eigenvalue weighted by Crippen LogP contribution is -2.43. The fraction of sp³-hybridized carbons (Fsp3) is 0.250. The predicted molar refractivity (Wildman–Crippen MR) is 145 cm³/mol. The van der Waals surface area contributed by atoms with Crippen LogP contribution in [0.1, 0.15) is 22.6 Å². The molecule has 9 heteroatoms. The SMILES string of the molecule is CN1CCN(Cc2ccc(N=C(c3ccc4[nH]c(=O)oc4c3)C3C(=O)Nc4cc(Cl)ccc43)cc2)CC1. The number of nitrogens with zero attached hydrogens (tertiary/aromatic N) is 3. The van der Waals surface area contributed by atoms with Gasteiger partial charge in [0.2, 0.25) is 5.91 Å². The van der Waals surface area contributed by atoms with Crippen LogP contribution >= 0.6 is 11.6 Å². The largest absolute Gasteiger partial charge is 0.417 e. The van der Waals surface area contributed by atoms with Crippen LogP contribution in [0.4, 0.5) is 11.4 Å². The van der Waals surface area contributed by atoms with Gasteiger partial charge in [0.1, 0.15) is 5.92 Å². The third-order valence-electron chi connectivity index (χ3n) is 7.02. The van der Waals surface area contributed by atoms with Crippen molar-refractivity contribution in [3.8, 4) is 0 Å². The number of aromatic nitrogens is 1. The first kappa shape index (κ1) is 23.7. The van der Waals surface area contributed by atoms with E-state index in [1.165, 1.54) is 5.56 Å². The van der Waals surface area contributed by atoms with E-state index >= 15 is 0 Å². The number of amides is 1. The summed E-state index contributed by atoms with van der Waals surface area (Å²) in [5.41, 5.74) is 5.69. The predicted octanol–water partition coefficient (Wildman–Crippen LogP) is 4.38. The summed E-state index contributed by atoms with van der Waals surface area (Å²) >= 11 is 6.17. The number of benzene rings is 3. The molecule has 0 saturated carbocycles. The van der Waals surface area contributed by atoms with Crippen molar-refractivity contribution >= 4 is 45.7 Å². The highest BCUT2D eigenvalue weighted by Gasteiger charge is 2.35. The molecule has 0 aliphatic carbocycles. The zero-order valence-corrected chi connectivity index (χ0v) is 21.1. The number of H-pyrrole nitrogens is 1. The first-order valence-electron chi connectivity index (χ1n) is 12.2. The van der Waals surface area contributed by atoms with Crippen LogP contribution in [-0.4, -0.2) is 59.6 Å². The minimum Gasteiger partial charge on any atom is -0.408 e. The minimum atomic E-state index is -0.639. The topological polar surface area (TPSA) is 93.9 Å². The summed E-state index contributed by atoms with van der Waals surface area (Å²) < 4.78 is 5.29. The van der Waals surface area contributed by atoms with E-state index in [2.05, 4.69) is 39.3 Å². The van der Waals surface area contributed by atoms with Crippen LogP contribution in [0.2, 0.25) is 5.02 Å². The molecule has 2 N–H and O–H groups in total. The van der Waals surface area contributed by atoms with Crippen molar-refractivity contribution in [2.24, 2.45) is 4.99 Å². The van der Waals surface area contributed by atoms with Crippen molar-refractivity contribution in [2.75, 3.05) is 38.5 Å². The molecule has 1 atom stereocenters. The number of hydrogen-bond donors (Lipinski definition) is 2. The molecule has 0 radical (unpaired) electrons. The molecule has 188 valence electrons. The standard InChI is InChI=1S/C28H26ClN5O3/c1-33-10-12-34(13-11-33)16-17-2-6-20(7-3-17)30-26(18-4-9-22-24(14-18)37-28(36)32-22)25-21-8-5-19(29)15-23(21)31-27(25)35/h2-9,14-15,25H,10-13,16H2,1H3,(H,31,35)(H,32,36). The van der Waals surface area contributed by atoms with Gasteiger partial charge in [0.25, 0.3) is 0 Å². The number of fused-ring (bicyclic) bond motifs is 2. The number of halogens is 1. The van der Waals surface area contributed by atoms with Gasteiger partial charge in [-0.05, 0) is 54.6 Å². The molecule has 2 aliphatic heterocycles. The second-order valence-corrected chi connectivity index (χ2v) is 10.1. The molecule has 1 aromatic heterocycles. The van der Waals surface area contributed by atoms with Gasteiger partial charge >= 0.3 is 5.76 Å². The number of nitrogens with one attached hydrogen (secondary N) is 2. The number of oxazole rings is 1. The van der Waals surface area contributed by atoms with Gasteiger partial charge in [-0.2, -0.15) is 0 Å². The molecule has 2 aliphatic rings. The average molecular weight is 516 g/mol. The highest BCUT2D eigenvalue weighted by atomic mass is 35.5. The van der Waals surface area contributed by atoms with Crippen LogP contribution in [0.3, 0.4) is 0 Å². The molecule has 1 unspecified atom stereocenters. The number of rotatable bonds is 5. The highest BCUT2D eigenvalue weighted by molar-refractivity contribution is 6.31. The number of aliphatic imine (C=N–C) groups is 1.